The maximum Gasteiger partial charge on any atom is 0.320 e. The molecule has 6 heteroatoms. The van der Waals surface area contributed by atoms with Crippen molar-refractivity contribution in [1.82, 2.24) is 5.32 Å². The molecule has 5 nitrogen and oxygen atoms in total. The van der Waals surface area contributed by atoms with Gasteiger partial charge in [0.1, 0.15) is 10.0 Å². The van der Waals surface area contributed by atoms with Gasteiger partial charge in [-0.15, -0.1) is 0 Å². The van der Waals surface area contributed by atoms with Gasteiger partial charge in [0.2, 0.25) is 5.91 Å². The van der Waals surface area contributed by atoms with Gasteiger partial charge >= 0.3 is 5.97 Å². The second-order valence-electron chi connectivity index (χ2n) is 3.79. The third kappa shape index (κ3) is 3.58. The van der Waals surface area contributed by atoms with Crippen molar-refractivity contribution in [3.63, 3.8) is 0 Å². The van der Waals surface area contributed by atoms with Crippen LogP contribution < -0.4 is 5.32 Å². The van der Waals surface area contributed by atoms with E-state index < -0.39 is 0 Å². The van der Waals surface area contributed by atoms with Crippen LogP contribution in [-0.4, -0.2) is 42.2 Å². The first-order valence-corrected chi connectivity index (χ1v) is 6.42. The lowest BCUT2D eigenvalue weighted by Gasteiger charge is -2.15. The zero-order valence-electron chi connectivity index (χ0n) is 9.36. The summed E-state index contributed by atoms with van der Waals surface area (Å²) in [6.45, 7) is 2.89. The Balaban J connectivity index is 2.32. The fourth-order valence-electron chi connectivity index (χ4n) is 1.53. The zero-order valence-corrected chi connectivity index (χ0v) is 11.5. The summed E-state index contributed by atoms with van der Waals surface area (Å²) in [4.78, 5) is 22.8. The number of amides is 1. The fraction of sp³-hybridized carbons (Fsp3) is 0.800. The van der Waals surface area contributed by atoms with Crippen molar-refractivity contribution in [2.24, 2.45) is 5.92 Å². The number of alkyl halides is 1. The summed E-state index contributed by atoms with van der Waals surface area (Å²) in [5.74, 6) is -0.234. The highest BCUT2D eigenvalue weighted by Gasteiger charge is 2.31. The van der Waals surface area contributed by atoms with E-state index in [0.29, 0.717) is 6.61 Å². The van der Waals surface area contributed by atoms with Crippen LogP contribution in [0.5, 0.6) is 0 Å². The largest absolute Gasteiger partial charge is 0.468 e. The first-order valence-electron chi connectivity index (χ1n) is 5.17. The molecule has 1 N–H and O–H groups in total. The summed E-state index contributed by atoms with van der Waals surface area (Å²) in [7, 11) is 1.33. The Bertz CT molecular complexity index is 272. The number of carbonyl (C=O) groups excluding carboxylic acids is 2. The van der Waals surface area contributed by atoms with Gasteiger partial charge in [0, 0.05) is 13.2 Å². The van der Waals surface area contributed by atoms with Crippen LogP contribution in [0.25, 0.3) is 0 Å². The standard InChI is InChI=1S/C10H16INO4/c1-6-3-4-16-8(6)9(13)12-5-7(11)10(14)15-2/h6-8H,3-5H2,1-2H3,(H,12,13). The third-order valence-corrected chi connectivity index (χ3v) is 3.51. The Kier molecular flexibility index (Phi) is 5.47. The van der Waals surface area contributed by atoms with Crippen LogP contribution in [0.1, 0.15) is 13.3 Å². The molecule has 0 spiro atoms. The lowest BCUT2D eigenvalue weighted by Crippen LogP contribution is -2.41. The summed E-state index contributed by atoms with van der Waals surface area (Å²) >= 11 is 1.94. The Morgan fingerprint density at radius 3 is 2.81 bits per heavy atom. The van der Waals surface area contributed by atoms with Gasteiger partial charge in [-0.2, -0.15) is 0 Å². The predicted molar refractivity (Wildman–Crippen MR) is 66.4 cm³/mol. The molecule has 0 saturated carbocycles. The molecule has 1 aliphatic heterocycles. The van der Waals surface area contributed by atoms with E-state index in [0.717, 1.165) is 6.42 Å². The number of nitrogens with one attached hydrogen (secondary N) is 1. The molecule has 0 aliphatic carbocycles. The second kappa shape index (κ2) is 6.39. The molecule has 0 aromatic heterocycles. The van der Waals surface area contributed by atoms with E-state index in [1.165, 1.54) is 7.11 Å². The zero-order chi connectivity index (χ0) is 12.1. The summed E-state index contributed by atoms with van der Waals surface area (Å²) in [5.41, 5.74) is 0. The average molecular weight is 341 g/mol. The van der Waals surface area contributed by atoms with Crippen LogP contribution in [0.15, 0.2) is 0 Å². The topological polar surface area (TPSA) is 64.6 Å². The van der Waals surface area contributed by atoms with Crippen molar-refractivity contribution >= 4 is 34.5 Å². The number of rotatable bonds is 4. The molecular weight excluding hydrogens is 325 g/mol. The average Bonchev–Trinajstić information content (AvgIpc) is 2.70. The summed E-state index contributed by atoms with van der Waals surface area (Å²) in [6.07, 6.45) is 0.532. The summed E-state index contributed by atoms with van der Waals surface area (Å²) < 4.78 is 9.52. The van der Waals surface area contributed by atoms with Crippen LogP contribution in [-0.2, 0) is 19.1 Å². The molecule has 1 saturated heterocycles. The molecule has 3 atom stereocenters. The number of carbonyl (C=O) groups is 2. The highest BCUT2D eigenvalue weighted by atomic mass is 127. The summed E-state index contributed by atoms with van der Waals surface area (Å²) in [6, 6.07) is 0. The molecule has 1 rings (SSSR count). The van der Waals surface area contributed by atoms with E-state index in [-0.39, 0.29) is 34.4 Å². The Hall–Kier alpha value is -0.370. The molecule has 0 bridgehead atoms. The number of methoxy groups -OCH3 is 1. The van der Waals surface area contributed by atoms with Gasteiger partial charge in [-0.1, -0.05) is 29.5 Å². The van der Waals surface area contributed by atoms with E-state index in [4.69, 9.17) is 4.74 Å². The van der Waals surface area contributed by atoms with Crippen molar-refractivity contribution in [2.45, 2.75) is 23.4 Å². The molecule has 1 heterocycles. The maximum atomic E-state index is 11.7. The van der Waals surface area contributed by atoms with Crippen LogP contribution in [0.3, 0.4) is 0 Å². The van der Waals surface area contributed by atoms with Crippen LogP contribution >= 0.6 is 22.6 Å². The monoisotopic (exact) mass is 341 g/mol. The number of hydrogen-bond acceptors (Lipinski definition) is 4. The quantitative estimate of drug-likeness (QED) is 0.460. The van der Waals surface area contributed by atoms with Gasteiger partial charge in [0.15, 0.2) is 0 Å². The van der Waals surface area contributed by atoms with Gasteiger partial charge in [0.05, 0.1) is 7.11 Å². The van der Waals surface area contributed by atoms with Crippen molar-refractivity contribution < 1.29 is 19.1 Å². The van der Waals surface area contributed by atoms with Crippen molar-refractivity contribution in [3.05, 3.63) is 0 Å². The molecule has 1 fully saturated rings. The SMILES string of the molecule is COC(=O)C(I)CNC(=O)C1OCCC1C. The minimum Gasteiger partial charge on any atom is -0.468 e. The van der Waals surface area contributed by atoms with Gasteiger partial charge < -0.3 is 14.8 Å². The number of esters is 1. The lowest BCUT2D eigenvalue weighted by atomic mass is 10.0. The highest BCUT2D eigenvalue weighted by molar-refractivity contribution is 14.1. The fourth-order valence-corrected chi connectivity index (χ4v) is 2.01. The van der Waals surface area contributed by atoms with E-state index >= 15 is 0 Å². The van der Waals surface area contributed by atoms with Crippen LogP contribution in [0.4, 0.5) is 0 Å². The molecule has 0 aromatic carbocycles. The summed E-state index contributed by atoms with van der Waals surface area (Å²) in [5, 5.41) is 2.70. The Morgan fingerprint density at radius 1 is 1.62 bits per heavy atom. The minimum atomic E-state index is -0.374. The van der Waals surface area contributed by atoms with Crippen LogP contribution in [0, 0.1) is 5.92 Å². The van der Waals surface area contributed by atoms with Crippen LogP contribution in [0.2, 0.25) is 0 Å². The molecule has 0 radical (unpaired) electrons. The first-order chi connectivity index (χ1) is 7.56. The first kappa shape index (κ1) is 13.7. The predicted octanol–water partition coefficient (Wildman–Crippen LogP) is 0.504. The number of ether oxygens (including phenoxy) is 2. The molecule has 3 unspecified atom stereocenters. The normalized spacial score (nSPS) is 26.2. The molecule has 1 aliphatic rings. The van der Waals surface area contributed by atoms with Crippen molar-refractivity contribution in [2.75, 3.05) is 20.3 Å². The molecule has 16 heavy (non-hydrogen) atoms. The smallest absolute Gasteiger partial charge is 0.320 e. The third-order valence-electron chi connectivity index (χ3n) is 2.56. The second-order valence-corrected chi connectivity index (χ2v) is 5.30. The number of halogens is 1. The molecular formula is C10H16INO4. The number of hydrogen-bond donors (Lipinski definition) is 1. The molecule has 1 amide bonds. The van der Waals surface area contributed by atoms with E-state index in [1.807, 2.05) is 29.5 Å². The maximum absolute atomic E-state index is 11.7. The Labute approximate surface area is 108 Å². The Morgan fingerprint density at radius 2 is 2.31 bits per heavy atom. The van der Waals surface area contributed by atoms with Gasteiger partial charge in [-0.05, 0) is 12.3 Å². The van der Waals surface area contributed by atoms with E-state index in [9.17, 15) is 9.59 Å². The van der Waals surface area contributed by atoms with Crippen molar-refractivity contribution in [1.29, 1.82) is 0 Å². The molecule has 92 valence electrons. The minimum absolute atomic E-state index is 0.143. The molecule has 0 aromatic rings. The van der Waals surface area contributed by atoms with Crippen molar-refractivity contribution in [3.8, 4) is 0 Å². The highest BCUT2D eigenvalue weighted by Crippen LogP contribution is 2.19. The van der Waals surface area contributed by atoms with E-state index in [1.54, 1.807) is 0 Å². The van der Waals surface area contributed by atoms with Gasteiger partial charge in [-0.25, -0.2) is 0 Å². The van der Waals surface area contributed by atoms with E-state index in [2.05, 4.69) is 10.1 Å². The van der Waals surface area contributed by atoms with Gasteiger partial charge in [-0.3, -0.25) is 9.59 Å². The van der Waals surface area contributed by atoms with Gasteiger partial charge in [0.25, 0.3) is 0 Å². The lowest BCUT2D eigenvalue weighted by molar-refractivity contribution is -0.139.